The number of aryl methyl sites for hydroxylation is 6. The smallest absolute Gasteiger partial charge is 0.147 e. The van der Waals surface area contributed by atoms with Crippen molar-refractivity contribution >= 4 is 0 Å². The summed E-state index contributed by atoms with van der Waals surface area (Å²) in [6, 6.07) is 0. The molecule has 0 aliphatic heterocycles. The zero-order valence-corrected chi connectivity index (χ0v) is 36.2. The van der Waals surface area contributed by atoms with Crippen molar-refractivity contribution in [3.8, 4) is 0 Å². The minimum atomic E-state index is 0. The van der Waals surface area contributed by atoms with Crippen LogP contribution >= 0.6 is 0 Å². The van der Waals surface area contributed by atoms with Crippen LogP contribution in [0, 0.1) is 41.5 Å². The molecule has 0 unspecified atom stereocenters. The summed E-state index contributed by atoms with van der Waals surface area (Å²) in [6.07, 6.45) is 22.3. The van der Waals surface area contributed by atoms with Crippen LogP contribution in [0.3, 0.4) is 0 Å². The van der Waals surface area contributed by atoms with Crippen molar-refractivity contribution < 1.29 is 0 Å². The van der Waals surface area contributed by atoms with E-state index in [1.165, 1.54) is 31.6 Å². The van der Waals surface area contributed by atoms with Crippen LogP contribution in [-0.4, -0.2) is 80.4 Å². The molecule has 16 heteroatoms. The van der Waals surface area contributed by atoms with Gasteiger partial charge in [-0.25, -0.2) is 39.9 Å². The maximum absolute atomic E-state index is 3.92. The van der Waals surface area contributed by atoms with Crippen molar-refractivity contribution in [2.24, 2.45) is 0 Å². The predicted molar refractivity (Wildman–Crippen MR) is 280 cm³/mol. The standard InChI is InChI=1S/2C5H6N2.4C4H5N3.6C2H6.9CH4/c1-5-2-6-4-7-3-5;1-5-4-6-2-3-7-5;1-4-6-2-5-3-7-4;1-4-2-6-7-3-5-4;1-4-2-5-3-6-7-4;1-4-5-2-3-6-7-4;6*1-2;;;;;;;;;/h2*2-4H,1H3;4*2-3H,1H3;6*1-2H3;9*1H4. The van der Waals surface area contributed by atoms with E-state index in [0.717, 1.165) is 28.5 Å². The Balaban J connectivity index is -0.0000000313. The van der Waals surface area contributed by atoms with E-state index in [1.807, 2.05) is 118 Å². The maximum Gasteiger partial charge on any atom is 0.147 e. The fourth-order valence-electron chi connectivity index (χ4n) is 1.97. The Kier molecular flexibility index (Phi) is 155. The van der Waals surface area contributed by atoms with Crippen LogP contribution in [0.25, 0.3) is 0 Å². The lowest BCUT2D eigenvalue weighted by molar-refractivity contribution is 0.907. The monoisotopic (exact) mass is 893 g/mol. The minimum Gasteiger partial charge on any atom is -0.261 e. The normalized spacial score (nSPS) is 6.38. The summed E-state index contributed by atoms with van der Waals surface area (Å²) in [4.78, 5) is 37.7. The van der Waals surface area contributed by atoms with Gasteiger partial charge in [0, 0.05) is 37.2 Å². The lowest BCUT2D eigenvalue weighted by Crippen LogP contribution is -1.85. The highest BCUT2D eigenvalue weighted by Gasteiger charge is 1.78. The average molecular weight is 893 g/mol. The summed E-state index contributed by atoms with van der Waals surface area (Å²) >= 11 is 0. The van der Waals surface area contributed by atoms with Crippen molar-refractivity contribution in [3.63, 3.8) is 0 Å². The van der Waals surface area contributed by atoms with Gasteiger partial charge in [-0.1, -0.05) is 150 Å². The van der Waals surface area contributed by atoms with E-state index < -0.39 is 0 Å². The summed E-state index contributed by atoms with van der Waals surface area (Å²) in [6.45, 7) is 35.2. The van der Waals surface area contributed by atoms with E-state index in [4.69, 9.17) is 0 Å². The van der Waals surface area contributed by atoms with Gasteiger partial charge in [0.15, 0.2) is 0 Å². The van der Waals surface area contributed by atoms with Crippen LogP contribution in [0.4, 0.5) is 0 Å². The third-order valence-corrected chi connectivity index (χ3v) is 3.82. The van der Waals surface area contributed by atoms with Crippen molar-refractivity contribution in [2.75, 3.05) is 0 Å². The maximum atomic E-state index is 3.92. The molecule has 0 atom stereocenters. The van der Waals surface area contributed by atoms with Gasteiger partial charge >= 0.3 is 0 Å². The second-order valence-electron chi connectivity index (χ2n) is 7.63. The molecule has 0 fully saturated rings. The lowest BCUT2D eigenvalue weighted by atomic mass is 10.4. The summed E-state index contributed by atoms with van der Waals surface area (Å²) in [5.74, 6) is 1.47. The summed E-state index contributed by atoms with van der Waals surface area (Å²) in [7, 11) is 0. The van der Waals surface area contributed by atoms with Crippen LogP contribution in [0.1, 0.15) is 184 Å². The Hall–Kier alpha value is -5.80. The molecule has 0 aliphatic carbocycles. The lowest BCUT2D eigenvalue weighted by Gasteiger charge is -1.81. The molecule has 0 bridgehead atoms. The Morgan fingerprint density at radius 1 is 0.270 bits per heavy atom. The van der Waals surface area contributed by atoms with E-state index in [9.17, 15) is 0 Å². The van der Waals surface area contributed by atoms with Gasteiger partial charge in [0.05, 0.1) is 35.7 Å². The molecule has 6 rings (SSSR count). The third-order valence-electron chi connectivity index (χ3n) is 3.82. The second kappa shape index (κ2) is 96.2. The Morgan fingerprint density at radius 2 is 0.714 bits per heavy atom. The van der Waals surface area contributed by atoms with Crippen LogP contribution in [0.15, 0.2) is 87.4 Å². The fourth-order valence-corrected chi connectivity index (χ4v) is 1.97. The van der Waals surface area contributed by atoms with Crippen molar-refractivity contribution in [3.05, 3.63) is 122 Å². The molecule has 6 aromatic rings. The largest absolute Gasteiger partial charge is 0.261 e. The van der Waals surface area contributed by atoms with Gasteiger partial charge in [-0.3, -0.25) is 9.97 Å². The number of hydrogen-bond acceptors (Lipinski definition) is 16. The first-order chi connectivity index (χ1) is 26.4. The van der Waals surface area contributed by atoms with E-state index in [0.29, 0.717) is 5.82 Å². The highest BCUT2D eigenvalue weighted by Crippen LogP contribution is 1.84. The first-order valence-corrected chi connectivity index (χ1v) is 18.2. The number of rotatable bonds is 0. The summed E-state index contributed by atoms with van der Waals surface area (Å²) < 4.78 is 0. The Morgan fingerprint density at radius 3 is 0.905 bits per heavy atom. The zero-order valence-electron chi connectivity index (χ0n) is 36.2. The molecule has 0 saturated carbocycles. The third kappa shape index (κ3) is 92.7. The second-order valence-corrected chi connectivity index (χ2v) is 7.63. The quantitative estimate of drug-likeness (QED) is 0.139. The first-order valence-electron chi connectivity index (χ1n) is 18.2. The molecule has 372 valence electrons. The molecule has 0 radical (unpaired) electrons. The van der Waals surface area contributed by atoms with Gasteiger partial charge in [-0.15, -0.1) is 15.3 Å². The molecule has 16 nitrogen and oxygen atoms in total. The molecule has 0 saturated heterocycles. The molecular weight excluding hydrogens is 789 g/mol. The Labute approximate surface area is 392 Å². The molecule has 0 spiro atoms. The number of nitrogens with zero attached hydrogens (tertiary/aromatic N) is 16. The van der Waals surface area contributed by atoms with Gasteiger partial charge < -0.3 is 0 Å². The molecule has 0 N–H and O–H groups in total. The molecule has 0 aromatic carbocycles. The fraction of sp³-hybridized carbons (Fsp3) is 0.574. The van der Waals surface area contributed by atoms with Gasteiger partial charge in [-0.2, -0.15) is 15.3 Å². The van der Waals surface area contributed by atoms with Crippen LogP contribution in [0.2, 0.25) is 0 Å². The number of hydrogen-bond donors (Lipinski definition) is 0. The van der Waals surface area contributed by atoms with Gasteiger partial charge in [0.2, 0.25) is 0 Å². The SMILES string of the molecule is C.C.C.C.C.C.C.C.C.CC.CC.CC.CC.CC.CC.Cc1cnccn1.Cc1cncnc1.Cc1cncnn1.Cc1cnncn1.Cc1nccnn1.Cc1ncncn1. The zero-order chi connectivity index (χ0) is 42.7. The highest BCUT2D eigenvalue weighted by atomic mass is 15.1. The van der Waals surface area contributed by atoms with Crippen molar-refractivity contribution in [2.45, 2.75) is 191 Å². The Bertz CT molecular complexity index is 1120. The molecule has 63 heavy (non-hydrogen) atoms. The van der Waals surface area contributed by atoms with Gasteiger partial charge in [0.25, 0.3) is 0 Å². The average Bonchev–Trinajstić information content (AvgIpc) is 3.25. The van der Waals surface area contributed by atoms with E-state index in [1.54, 1.807) is 62.7 Å². The van der Waals surface area contributed by atoms with E-state index in [2.05, 4.69) is 80.4 Å². The molecule has 6 aromatic heterocycles. The summed E-state index contributed by atoms with van der Waals surface area (Å²) in [5.41, 5.74) is 3.81. The topological polar surface area (TPSA) is 206 Å². The van der Waals surface area contributed by atoms with Crippen LogP contribution in [-0.2, 0) is 0 Å². The molecule has 0 aliphatic rings. The van der Waals surface area contributed by atoms with Gasteiger partial charge in [0.1, 0.15) is 43.3 Å². The summed E-state index contributed by atoms with van der Waals surface area (Å²) in [5, 5.41) is 21.4. The highest BCUT2D eigenvalue weighted by molar-refractivity contribution is 4.97. The van der Waals surface area contributed by atoms with E-state index in [-0.39, 0.29) is 66.8 Å². The van der Waals surface area contributed by atoms with Gasteiger partial charge in [-0.05, 0) is 47.1 Å². The minimum absolute atomic E-state index is 0. The number of aromatic nitrogens is 16. The first kappa shape index (κ1) is 101. The predicted octanol–water partition coefficient (Wildman–Crippen LogP) is 14.2. The van der Waals surface area contributed by atoms with Crippen molar-refractivity contribution in [1.82, 2.24) is 80.4 Å². The van der Waals surface area contributed by atoms with Crippen molar-refractivity contribution in [1.29, 1.82) is 0 Å². The molecular formula is C47H104N16. The van der Waals surface area contributed by atoms with Crippen LogP contribution < -0.4 is 0 Å². The molecule has 6 heterocycles. The molecule has 0 amide bonds. The van der Waals surface area contributed by atoms with Crippen LogP contribution in [0.5, 0.6) is 0 Å². The van der Waals surface area contributed by atoms with E-state index >= 15 is 0 Å².